The van der Waals surface area contributed by atoms with Gasteiger partial charge in [0.05, 0.1) is 5.69 Å². The standard InChI is InChI=1S/C15H14FNO2/c16-11-5-6-14-10(7-11)8-12(19-14)9-18-15-4-2-1-3-13(15)17/h1-7,12H,8-9,17H2. The summed E-state index contributed by atoms with van der Waals surface area (Å²) >= 11 is 0. The third-order valence-electron chi connectivity index (χ3n) is 3.11. The molecule has 3 rings (SSSR count). The molecule has 1 aliphatic rings. The summed E-state index contributed by atoms with van der Waals surface area (Å²) in [6.45, 7) is 0.393. The molecular formula is C15H14FNO2. The summed E-state index contributed by atoms with van der Waals surface area (Å²) in [6, 6.07) is 11.9. The van der Waals surface area contributed by atoms with Crippen molar-refractivity contribution in [3.63, 3.8) is 0 Å². The Morgan fingerprint density at radius 3 is 2.95 bits per heavy atom. The number of para-hydroxylation sites is 2. The lowest BCUT2D eigenvalue weighted by Gasteiger charge is -2.13. The number of nitrogen functional groups attached to an aromatic ring is 1. The van der Waals surface area contributed by atoms with Crippen LogP contribution >= 0.6 is 0 Å². The molecular weight excluding hydrogens is 245 g/mol. The smallest absolute Gasteiger partial charge is 0.142 e. The third kappa shape index (κ3) is 2.47. The molecule has 19 heavy (non-hydrogen) atoms. The first-order valence-corrected chi connectivity index (χ1v) is 6.15. The quantitative estimate of drug-likeness (QED) is 0.862. The molecule has 0 fully saturated rings. The largest absolute Gasteiger partial charge is 0.488 e. The molecule has 3 nitrogen and oxygen atoms in total. The number of anilines is 1. The van der Waals surface area contributed by atoms with E-state index < -0.39 is 0 Å². The first kappa shape index (κ1) is 11.8. The number of ether oxygens (including phenoxy) is 2. The molecule has 2 aromatic carbocycles. The summed E-state index contributed by atoms with van der Waals surface area (Å²) in [5, 5.41) is 0. The first-order valence-electron chi connectivity index (χ1n) is 6.15. The molecule has 2 N–H and O–H groups in total. The molecule has 1 aliphatic heterocycles. The number of hydrogen-bond donors (Lipinski definition) is 1. The van der Waals surface area contributed by atoms with Crippen LogP contribution in [0.4, 0.5) is 10.1 Å². The molecule has 1 heterocycles. The number of rotatable bonds is 3. The summed E-state index contributed by atoms with van der Waals surface area (Å²) in [6.07, 6.45) is 0.552. The second-order valence-corrected chi connectivity index (χ2v) is 4.54. The van der Waals surface area contributed by atoms with Gasteiger partial charge in [0.2, 0.25) is 0 Å². The molecule has 0 amide bonds. The highest BCUT2D eigenvalue weighted by Gasteiger charge is 2.23. The molecule has 2 aromatic rings. The summed E-state index contributed by atoms with van der Waals surface area (Å²) < 4.78 is 24.4. The molecule has 4 heteroatoms. The fourth-order valence-corrected chi connectivity index (χ4v) is 2.18. The van der Waals surface area contributed by atoms with Crippen LogP contribution in [0.3, 0.4) is 0 Å². The number of hydrogen-bond acceptors (Lipinski definition) is 3. The Morgan fingerprint density at radius 2 is 2.11 bits per heavy atom. The normalized spacial score (nSPS) is 16.8. The lowest BCUT2D eigenvalue weighted by Crippen LogP contribution is -2.22. The van der Waals surface area contributed by atoms with E-state index in [0.29, 0.717) is 24.5 Å². The molecule has 0 aliphatic carbocycles. The van der Waals surface area contributed by atoms with E-state index in [1.54, 1.807) is 12.1 Å². The van der Waals surface area contributed by atoms with E-state index in [2.05, 4.69) is 0 Å². The molecule has 0 saturated heterocycles. The van der Waals surface area contributed by atoms with Crippen molar-refractivity contribution in [1.29, 1.82) is 0 Å². The van der Waals surface area contributed by atoms with Crippen molar-refractivity contribution in [3.05, 3.63) is 53.8 Å². The lowest BCUT2D eigenvalue weighted by atomic mass is 10.1. The minimum absolute atomic E-state index is 0.101. The Labute approximate surface area is 110 Å². The zero-order chi connectivity index (χ0) is 13.2. The first-order chi connectivity index (χ1) is 9.22. The Bertz CT molecular complexity index is 600. The predicted octanol–water partition coefficient (Wildman–Crippen LogP) is 2.79. The molecule has 0 spiro atoms. The van der Waals surface area contributed by atoms with Crippen LogP contribution in [-0.4, -0.2) is 12.7 Å². The van der Waals surface area contributed by atoms with Crippen LogP contribution < -0.4 is 15.2 Å². The zero-order valence-corrected chi connectivity index (χ0v) is 10.3. The molecule has 0 saturated carbocycles. The van der Waals surface area contributed by atoms with E-state index in [9.17, 15) is 4.39 Å². The van der Waals surface area contributed by atoms with Gasteiger partial charge < -0.3 is 15.2 Å². The fraction of sp³-hybridized carbons (Fsp3) is 0.200. The van der Waals surface area contributed by atoms with Gasteiger partial charge in [0, 0.05) is 12.0 Å². The molecule has 1 atom stereocenters. The highest BCUT2D eigenvalue weighted by atomic mass is 19.1. The fourth-order valence-electron chi connectivity index (χ4n) is 2.18. The minimum atomic E-state index is -0.240. The topological polar surface area (TPSA) is 44.5 Å². The number of fused-ring (bicyclic) bond motifs is 1. The molecule has 1 unspecified atom stereocenters. The third-order valence-corrected chi connectivity index (χ3v) is 3.11. The van der Waals surface area contributed by atoms with Gasteiger partial charge in [-0.25, -0.2) is 4.39 Å². The van der Waals surface area contributed by atoms with E-state index >= 15 is 0 Å². The average molecular weight is 259 g/mol. The van der Waals surface area contributed by atoms with Crippen molar-refractivity contribution >= 4 is 5.69 Å². The summed E-state index contributed by atoms with van der Waals surface area (Å²) in [5.74, 6) is 1.14. The van der Waals surface area contributed by atoms with E-state index in [1.165, 1.54) is 12.1 Å². The van der Waals surface area contributed by atoms with Crippen LogP contribution in [0, 0.1) is 5.82 Å². The van der Waals surface area contributed by atoms with Crippen molar-refractivity contribution in [1.82, 2.24) is 0 Å². The van der Waals surface area contributed by atoms with Gasteiger partial charge >= 0.3 is 0 Å². The van der Waals surface area contributed by atoms with E-state index in [-0.39, 0.29) is 11.9 Å². The molecule has 0 aromatic heterocycles. The SMILES string of the molecule is Nc1ccccc1OCC1Cc2cc(F)ccc2O1. The van der Waals surface area contributed by atoms with Gasteiger partial charge in [-0.15, -0.1) is 0 Å². The maximum atomic E-state index is 13.1. The zero-order valence-electron chi connectivity index (χ0n) is 10.3. The lowest BCUT2D eigenvalue weighted by molar-refractivity contribution is 0.149. The van der Waals surface area contributed by atoms with Gasteiger partial charge in [-0.05, 0) is 30.3 Å². The predicted molar refractivity (Wildman–Crippen MR) is 70.9 cm³/mol. The Balaban J connectivity index is 1.63. The maximum absolute atomic E-state index is 13.1. The van der Waals surface area contributed by atoms with Crippen molar-refractivity contribution < 1.29 is 13.9 Å². The van der Waals surface area contributed by atoms with Crippen LogP contribution in [-0.2, 0) is 6.42 Å². The number of nitrogens with two attached hydrogens (primary N) is 1. The second-order valence-electron chi connectivity index (χ2n) is 4.54. The second kappa shape index (κ2) is 4.80. The maximum Gasteiger partial charge on any atom is 0.142 e. The summed E-state index contributed by atoms with van der Waals surface area (Å²) in [5.41, 5.74) is 7.28. The van der Waals surface area contributed by atoms with Crippen molar-refractivity contribution in [3.8, 4) is 11.5 Å². The van der Waals surface area contributed by atoms with E-state index in [0.717, 1.165) is 11.3 Å². The van der Waals surface area contributed by atoms with Gasteiger partial charge in [0.25, 0.3) is 0 Å². The van der Waals surface area contributed by atoms with Crippen LogP contribution in [0.1, 0.15) is 5.56 Å². The Kier molecular flexibility index (Phi) is 2.99. The van der Waals surface area contributed by atoms with Crippen LogP contribution in [0.15, 0.2) is 42.5 Å². The van der Waals surface area contributed by atoms with Crippen LogP contribution in [0.25, 0.3) is 0 Å². The number of benzene rings is 2. The molecule has 0 radical (unpaired) electrons. The average Bonchev–Trinajstić information content (AvgIpc) is 2.79. The highest BCUT2D eigenvalue weighted by Crippen LogP contribution is 2.30. The molecule has 0 bridgehead atoms. The number of halogens is 1. The van der Waals surface area contributed by atoms with Gasteiger partial charge in [-0.2, -0.15) is 0 Å². The van der Waals surface area contributed by atoms with Crippen molar-refractivity contribution in [2.75, 3.05) is 12.3 Å². The van der Waals surface area contributed by atoms with E-state index in [4.69, 9.17) is 15.2 Å². The highest BCUT2D eigenvalue weighted by molar-refractivity contribution is 5.51. The minimum Gasteiger partial charge on any atom is -0.488 e. The summed E-state index contributed by atoms with van der Waals surface area (Å²) in [4.78, 5) is 0. The van der Waals surface area contributed by atoms with Crippen molar-refractivity contribution in [2.45, 2.75) is 12.5 Å². The van der Waals surface area contributed by atoms with Crippen LogP contribution in [0.2, 0.25) is 0 Å². The van der Waals surface area contributed by atoms with Crippen LogP contribution in [0.5, 0.6) is 11.5 Å². The van der Waals surface area contributed by atoms with Crippen molar-refractivity contribution in [2.24, 2.45) is 0 Å². The van der Waals surface area contributed by atoms with Gasteiger partial charge in [0.1, 0.15) is 30.0 Å². The monoisotopic (exact) mass is 259 g/mol. The Morgan fingerprint density at radius 1 is 1.26 bits per heavy atom. The van der Waals surface area contributed by atoms with E-state index in [1.807, 2.05) is 18.2 Å². The van der Waals surface area contributed by atoms with Gasteiger partial charge in [-0.3, -0.25) is 0 Å². The molecule has 98 valence electrons. The van der Waals surface area contributed by atoms with Gasteiger partial charge in [-0.1, -0.05) is 12.1 Å². The van der Waals surface area contributed by atoms with Gasteiger partial charge in [0.15, 0.2) is 0 Å². The Hall–Kier alpha value is -2.23. The summed E-state index contributed by atoms with van der Waals surface area (Å²) in [7, 11) is 0.